The van der Waals surface area contributed by atoms with E-state index in [1.165, 1.54) is 0 Å². The first-order valence-corrected chi connectivity index (χ1v) is 3.89. The van der Waals surface area contributed by atoms with Crippen molar-refractivity contribution >= 4 is 5.96 Å². The van der Waals surface area contributed by atoms with E-state index in [0.717, 1.165) is 13.0 Å². The summed E-state index contributed by atoms with van der Waals surface area (Å²) < 4.78 is 0. The number of aliphatic imine (C=N–C) groups is 1. The van der Waals surface area contributed by atoms with Crippen LogP contribution in [0.2, 0.25) is 0 Å². The van der Waals surface area contributed by atoms with Crippen LogP contribution in [0.25, 0.3) is 0 Å². The lowest BCUT2D eigenvalue weighted by Gasteiger charge is -2.19. The van der Waals surface area contributed by atoms with Gasteiger partial charge in [0.15, 0.2) is 5.96 Å². The van der Waals surface area contributed by atoms with Crippen molar-refractivity contribution in [3.05, 3.63) is 12.2 Å². The van der Waals surface area contributed by atoms with Gasteiger partial charge in [-0.15, -0.1) is 0 Å². The van der Waals surface area contributed by atoms with Crippen molar-refractivity contribution in [2.45, 2.75) is 19.4 Å². The zero-order chi connectivity index (χ0) is 8.27. The maximum absolute atomic E-state index is 5.68. The SMILES string of the molecule is CC1CC=CCN(C)C(N)=N1. The van der Waals surface area contributed by atoms with Crippen molar-refractivity contribution < 1.29 is 0 Å². The lowest BCUT2D eigenvalue weighted by Crippen LogP contribution is -2.35. The molecule has 1 atom stereocenters. The van der Waals surface area contributed by atoms with Gasteiger partial charge in [-0.3, -0.25) is 0 Å². The van der Waals surface area contributed by atoms with Crippen LogP contribution in [0.4, 0.5) is 0 Å². The van der Waals surface area contributed by atoms with Crippen LogP contribution in [0.5, 0.6) is 0 Å². The monoisotopic (exact) mass is 153 g/mol. The van der Waals surface area contributed by atoms with E-state index in [-0.39, 0.29) is 0 Å². The minimum atomic E-state index is 0.314. The highest BCUT2D eigenvalue weighted by Gasteiger charge is 2.04. The Hall–Kier alpha value is -0.990. The van der Waals surface area contributed by atoms with E-state index < -0.39 is 0 Å². The molecule has 0 saturated carbocycles. The molecule has 0 aliphatic carbocycles. The molecule has 3 nitrogen and oxygen atoms in total. The van der Waals surface area contributed by atoms with Gasteiger partial charge in [0.2, 0.25) is 0 Å². The topological polar surface area (TPSA) is 41.6 Å². The summed E-state index contributed by atoms with van der Waals surface area (Å²) in [5, 5.41) is 0. The molecule has 11 heavy (non-hydrogen) atoms. The Kier molecular flexibility index (Phi) is 2.52. The van der Waals surface area contributed by atoms with Gasteiger partial charge in [-0.2, -0.15) is 0 Å². The Morgan fingerprint density at radius 1 is 1.64 bits per heavy atom. The predicted molar refractivity (Wildman–Crippen MR) is 47.5 cm³/mol. The highest BCUT2D eigenvalue weighted by Crippen LogP contribution is 2.01. The molecule has 0 saturated heterocycles. The molecule has 0 aromatic heterocycles. The lowest BCUT2D eigenvalue weighted by molar-refractivity contribution is 0.538. The third-order valence-electron chi connectivity index (χ3n) is 1.77. The number of rotatable bonds is 0. The second kappa shape index (κ2) is 3.42. The van der Waals surface area contributed by atoms with Crippen LogP contribution in [0.3, 0.4) is 0 Å². The van der Waals surface area contributed by atoms with Crippen LogP contribution in [0, 0.1) is 0 Å². The molecule has 0 fully saturated rings. The van der Waals surface area contributed by atoms with Gasteiger partial charge in [-0.1, -0.05) is 12.2 Å². The van der Waals surface area contributed by atoms with Crippen molar-refractivity contribution in [2.75, 3.05) is 13.6 Å². The standard InChI is InChI=1S/C8H15N3/c1-7-5-3-4-6-11(2)8(9)10-7/h3-4,7H,5-6H2,1-2H3,(H2,9,10). The third-order valence-corrected chi connectivity index (χ3v) is 1.77. The molecule has 1 unspecified atom stereocenters. The summed E-state index contributed by atoms with van der Waals surface area (Å²) in [5.41, 5.74) is 5.68. The largest absolute Gasteiger partial charge is 0.370 e. The molecule has 1 aliphatic heterocycles. The first-order valence-electron chi connectivity index (χ1n) is 3.89. The van der Waals surface area contributed by atoms with E-state index in [1.54, 1.807) is 0 Å². The van der Waals surface area contributed by atoms with E-state index >= 15 is 0 Å². The summed E-state index contributed by atoms with van der Waals surface area (Å²) in [6.07, 6.45) is 5.27. The normalized spacial score (nSPS) is 25.8. The van der Waals surface area contributed by atoms with E-state index in [2.05, 4.69) is 24.1 Å². The minimum Gasteiger partial charge on any atom is -0.370 e. The molecule has 2 N–H and O–H groups in total. The molecule has 0 amide bonds. The fraction of sp³-hybridized carbons (Fsp3) is 0.625. The smallest absolute Gasteiger partial charge is 0.191 e. The van der Waals surface area contributed by atoms with Crippen molar-refractivity contribution in [3.8, 4) is 0 Å². The second-order valence-corrected chi connectivity index (χ2v) is 2.92. The fourth-order valence-electron chi connectivity index (χ4n) is 0.996. The number of hydrogen-bond acceptors (Lipinski definition) is 3. The van der Waals surface area contributed by atoms with E-state index in [0.29, 0.717) is 12.0 Å². The average Bonchev–Trinajstić information content (AvgIpc) is 1.95. The molecule has 1 aliphatic rings. The van der Waals surface area contributed by atoms with Crippen LogP contribution < -0.4 is 5.73 Å². The number of nitrogens with two attached hydrogens (primary N) is 1. The molecule has 3 heteroatoms. The number of hydrogen-bond donors (Lipinski definition) is 1. The summed E-state index contributed by atoms with van der Waals surface area (Å²) in [5.74, 6) is 0.641. The van der Waals surface area contributed by atoms with Gasteiger partial charge in [0.05, 0.1) is 6.04 Å². The first-order chi connectivity index (χ1) is 5.20. The fourth-order valence-corrected chi connectivity index (χ4v) is 0.996. The van der Waals surface area contributed by atoms with Gasteiger partial charge in [0.25, 0.3) is 0 Å². The zero-order valence-corrected chi connectivity index (χ0v) is 7.12. The number of guanidine groups is 1. The molecule has 0 aromatic carbocycles. The molecule has 0 bridgehead atoms. The van der Waals surface area contributed by atoms with Crippen molar-refractivity contribution in [1.82, 2.24) is 4.90 Å². The molecule has 62 valence electrons. The highest BCUT2D eigenvalue weighted by molar-refractivity contribution is 5.78. The minimum absolute atomic E-state index is 0.314. The van der Waals surface area contributed by atoms with Crippen molar-refractivity contribution in [3.63, 3.8) is 0 Å². The Morgan fingerprint density at radius 3 is 3.09 bits per heavy atom. The molecule has 1 heterocycles. The Morgan fingerprint density at radius 2 is 2.36 bits per heavy atom. The summed E-state index contributed by atoms with van der Waals surface area (Å²) in [7, 11) is 1.95. The maximum atomic E-state index is 5.68. The highest BCUT2D eigenvalue weighted by atomic mass is 15.2. The summed E-state index contributed by atoms with van der Waals surface area (Å²) in [6, 6.07) is 0.314. The van der Waals surface area contributed by atoms with Gasteiger partial charge in [-0.05, 0) is 13.3 Å². The van der Waals surface area contributed by atoms with Gasteiger partial charge in [-0.25, -0.2) is 4.99 Å². The Bertz CT molecular complexity index is 184. The van der Waals surface area contributed by atoms with Gasteiger partial charge in [0, 0.05) is 13.6 Å². The maximum Gasteiger partial charge on any atom is 0.191 e. The van der Waals surface area contributed by atoms with E-state index in [1.807, 2.05) is 11.9 Å². The molecule has 1 rings (SSSR count). The third kappa shape index (κ3) is 2.26. The molecular formula is C8H15N3. The van der Waals surface area contributed by atoms with Crippen LogP contribution in [0.1, 0.15) is 13.3 Å². The summed E-state index contributed by atoms with van der Waals surface area (Å²) in [4.78, 5) is 6.22. The Labute approximate surface area is 67.6 Å². The van der Waals surface area contributed by atoms with Crippen LogP contribution in [-0.2, 0) is 0 Å². The van der Waals surface area contributed by atoms with Crippen molar-refractivity contribution in [2.24, 2.45) is 10.7 Å². The molecule has 0 spiro atoms. The van der Waals surface area contributed by atoms with E-state index in [4.69, 9.17) is 5.73 Å². The van der Waals surface area contributed by atoms with Crippen LogP contribution in [0.15, 0.2) is 17.1 Å². The number of likely N-dealkylation sites (N-methyl/N-ethyl adjacent to an activating group) is 1. The van der Waals surface area contributed by atoms with Crippen LogP contribution in [-0.4, -0.2) is 30.5 Å². The molecular weight excluding hydrogens is 138 g/mol. The predicted octanol–water partition coefficient (Wildman–Crippen LogP) is 0.581. The Balaban J connectivity index is 2.67. The average molecular weight is 153 g/mol. The van der Waals surface area contributed by atoms with Gasteiger partial charge < -0.3 is 10.6 Å². The first kappa shape index (κ1) is 8.11. The molecule has 0 radical (unpaired) electrons. The number of nitrogens with zero attached hydrogens (tertiary/aromatic N) is 2. The summed E-state index contributed by atoms with van der Waals surface area (Å²) >= 11 is 0. The molecule has 0 aromatic rings. The second-order valence-electron chi connectivity index (χ2n) is 2.92. The van der Waals surface area contributed by atoms with E-state index in [9.17, 15) is 0 Å². The summed E-state index contributed by atoms with van der Waals surface area (Å²) in [6.45, 7) is 2.93. The van der Waals surface area contributed by atoms with Crippen LogP contribution >= 0.6 is 0 Å². The lowest BCUT2D eigenvalue weighted by atomic mass is 10.2. The van der Waals surface area contributed by atoms with Gasteiger partial charge in [0.1, 0.15) is 0 Å². The zero-order valence-electron chi connectivity index (χ0n) is 7.12. The van der Waals surface area contributed by atoms with Gasteiger partial charge >= 0.3 is 0 Å². The van der Waals surface area contributed by atoms with Crippen molar-refractivity contribution in [1.29, 1.82) is 0 Å². The quantitative estimate of drug-likeness (QED) is 0.517.